The van der Waals surface area contributed by atoms with E-state index in [-0.39, 0.29) is 0 Å². The molecule has 0 aliphatic heterocycles. The summed E-state index contributed by atoms with van der Waals surface area (Å²) in [5.74, 6) is 0. The van der Waals surface area contributed by atoms with Crippen LogP contribution in [-0.4, -0.2) is 39.6 Å². The van der Waals surface area contributed by atoms with Gasteiger partial charge in [0.25, 0.3) is 0 Å². The lowest BCUT2D eigenvalue weighted by Gasteiger charge is -2.06. The van der Waals surface area contributed by atoms with E-state index in [9.17, 15) is 0 Å². The maximum Gasteiger partial charge on any atom is 0.0701 e. The van der Waals surface area contributed by atoms with E-state index >= 15 is 0 Å². The van der Waals surface area contributed by atoms with Crippen LogP contribution in [0.5, 0.6) is 0 Å². The third kappa shape index (κ3) is 15.9. The average molecular weight is 260 g/mol. The molecule has 0 bridgehead atoms. The summed E-state index contributed by atoms with van der Waals surface area (Å²) < 4.78 is 16.3. The predicted octanol–water partition coefficient (Wildman–Crippen LogP) is 3.81. The van der Waals surface area contributed by atoms with E-state index in [1.807, 2.05) is 0 Å². The predicted molar refractivity (Wildman–Crippen MR) is 76.1 cm³/mol. The highest BCUT2D eigenvalue weighted by Gasteiger charge is 1.92. The molecule has 0 aliphatic carbocycles. The molecule has 0 saturated heterocycles. The summed E-state index contributed by atoms with van der Waals surface area (Å²) in [6, 6.07) is 0. The van der Waals surface area contributed by atoms with Gasteiger partial charge < -0.3 is 14.2 Å². The molecule has 0 amide bonds. The molecule has 0 atom stereocenters. The van der Waals surface area contributed by atoms with Crippen LogP contribution in [0.25, 0.3) is 0 Å². The maximum absolute atomic E-state index is 5.49. The topological polar surface area (TPSA) is 27.7 Å². The second-order valence-corrected chi connectivity index (χ2v) is 4.60. The summed E-state index contributed by atoms with van der Waals surface area (Å²) >= 11 is 0. The maximum atomic E-state index is 5.49. The van der Waals surface area contributed by atoms with Crippen LogP contribution in [0, 0.1) is 0 Å². The molecule has 0 aliphatic rings. The van der Waals surface area contributed by atoms with E-state index in [0.717, 1.165) is 19.6 Å². The molecule has 0 saturated carbocycles. The third-order valence-electron chi connectivity index (χ3n) is 2.78. The summed E-state index contributed by atoms with van der Waals surface area (Å²) in [6.07, 6.45) is 8.79. The Morgan fingerprint density at radius 1 is 0.444 bits per heavy atom. The molecule has 0 aromatic heterocycles. The van der Waals surface area contributed by atoms with Gasteiger partial charge in [-0.25, -0.2) is 0 Å². The van der Waals surface area contributed by atoms with Gasteiger partial charge in [-0.3, -0.25) is 0 Å². The van der Waals surface area contributed by atoms with Crippen LogP contribution in [-0.2, 0) is 14.2 Å². The molecule has 0 rings (SSSR count). The van der Waals surface area contributed by atoms with Crippen LogP contribution in [0.1, 0.15) is 58.8 Å². The van der Waals surface area contributed by atoms with E-state index in [1.54, 1.807) is 0 Å². The summed E-state index contributed by atoms with van der Waals surface area (Å²) in [5, 5.41) is 0. The Hall–Kier alpha value is -0.120. The van der Waals surface area contributed by atoms with Crippen molar-refractivity contribution in [3.63, 3.8) is 0 Å². The lowest BCUT2D eigenvalue weighted by Crippen LogP contribution is -2.10. The zero-order valence-corrected chi connectivity index (χ0v) is 12.4. The van der Waals surface area contributed by atoms with Crippen LogP contribution >= 0.6 is 0 Å². The van der Waals surface area contributed by atoms with Gasteiger partial charge in [0.05, 0.1) is 26.4 Å². The van der Waals surface area contributed by atoms with E-state index in [4.69, 9.17) is 14.2 Å². The van der Waals surface area contributed by atoms with Crippen LogP contribution in [0.4, 0.5) is 0 Å². The Morgan fingerprint density at radius 2 is 0.889 bits per heavy atom. The lowest BCUT2D eigenvalue weighted by atomic mass is 10.2. The van der Waals surface area contributed by atoms with Crippen LogP contribution < -0.4 is 0 Å². The SMILES string of the molecule is CCCCCCCOCCOCCOCCCC. The standard InChI is InChI=1S/C15H32O3/c1-3-5-7-8-9-11-17-13-15-18-14-12-16-10-6-4-2/h3-15H2,1-2H3. The molecule has 0 radical (unpaired) electrons. The largest absolute Gasteiger partial charge is 0.379 e. The third-order valence-corrected chi connectivity index (χ3v) is 2.78. The van der Waals surface area contributed by atoms with Crippen molar-refractivity contribution in [2.24, 2.45) is 0 Å². The minimum Gasteiger partial charge on any atom is -0.379 e. The Balaban J connectivity index is 2.86. The van der Waals surface area contributed by atoms with Gasteiger partial charge in [0, 0.05) is 13.2 Å². The summed E-state index contributed by atoms with van der Waals surface area (Å²) in [6.45, 7) is 8.92. The molecule has 18 heavy (non-hydrogen) atoms. The van der Waals surface area contributed by atoms with Crippen molar-refractivity contribution >= 4 is 0 Å². The molecular formula is C15H32O3. The normalized spacial score (nSPS) is 11.0. The molecule has 0 aromatic carbocycles. The van der Waals surface area contributed by atoms with Crippen molar-refractivity contribution in [1.29, 1.82) is 0 Å². The number of ether oxygens (including phenoxy) is 3. The summed E-state index contributed by atoms with van der Waals surface area (Å²) in [4.78, 5) is 0. The molecule has 0 unspecified atom stereocenters. The van der Waals surface area contributed by atoms with Crippen molar-refractivity contribution in [2.75, 3.05) is 39.6 Å². The second kappa shape index (κ2) is 16.9. The van der Waals surface area contributed by atoms with Gasteiger partial charge in [0.15, 0.2) is 0 Å². The minimum atomic E-state index is 0.684. The molecule has 0 fully saturated rings. The number of hydrogen-bond donors (Lipinski definition) is 0. The smallest absolute Gasteiger partial charge is 0.0701 e. The van der Waals surface area contributed by atoms with Gasteiger partial charge >= 0.3 is 0 Å². The zero-order valence-electron chi connectivity index (χ0n) is 12.4. The summed E-state index contributed by atoms with van der Waals surface area (Å²) in [7, 11) is 0. The van der Waals surface area contributed by atoms with Gasteiger partial charge in [0.1, 0.15) is 0 Å². The first-order valence-electron chi connectivity index (χ1n) is 7.65. The van der Waals surface area contributed by atoms with E-state index in [2.05, 4.69) is 13.8 Å². The van der Waals surface area contributed by atoms with Gasteiger partial charge in [-0.2, -0.15) is 0 Å². The fraction of sp³-hybridized carbons (Fsp3) is 1.00. The average Bonchev–Trinajstić information content (AvgIpc) is 2.39. The first-order chi connectivity index (χ1) is 8.91. The Bertz CT molecular complexity index is 124. The quantitative estimate of drug-likeness (QED) is 0.419. The highest BCUT2D eigenvalue weighted by molar-refractivity contribution is 4.42. The minimum absolute atomic E-state index is 0.684. The molecule has 3 nitrogen and oxygen atoms in total. The van der Waals surface area contributed by atoms with Crippen molar-refractivity contribution in [2.45, 2.75) is 58.8 Å². The fourth-order valence-electron chi connectivity index (χ4n) is 1.60. The first kappa shape index (κ1) is 17.9. The Kier molecular flexibility index (Phi) is 16.8. The molecule has 3 heteroatoms. The zero-order chi connectivity index (χ0) is 13.3. The van der Waals surface area contributed by atoms with Crippen molar-refractivity contribution in [3.8, 4) is 0 Å². The van der Waals surface area contributed by atoms with Gasteiger partial charge in [0.2, 0.25) is 0 Å². The van der Waals surface area contributed by atoms with Crippen LogP contribution in [0.3, 0.4) is 0 Å². The van der Waals surface area contributed by atoms with E-state index in [0.29, 0.717) is 26.4 Å². The summed E-state index contributed by atoms with van der Waals surface area (Å²) in [5.41, 5.74) is 0. The van der Waals surface area contributed by atoms with Crippen LogP contribution in [0.15, 0.2) is 0 Å². The van der Waals surface area contributed by atoms with Crippen molar-refractivity contribution < 1.29 is 14.2 Å². The molecule has 0 heterocycles. The molecule has 110 valence electrons. The molecule has 0 spiro atoms. The van der Waals surface area contributed by atoms with E-state index < -0.39 is 0 Å². The fourth-order valence-corrected chi connectivity index (χ4v) is 1.60. The number of hydrogen-bond acceptors (Lipinski definition) is 3. The van der Waals surface area contributed by atoms with Crippen molar-refractivity contribution in [1.82, 2.24) is 0 Å². The monoisotopic (exact) mass is 260 g/mol. The van der Waals surface area contributed by atoms with E-state index in [1.165, 1.54) is 38.5 Å². The second-order valence-electron chi connectivity index (χ2n) is 4.60. The molecular weight excluding hydrogens is 228 g/mol. The Labute approximate surface area is 113 Å². The highest BCUT2D eigenvalue weighted by atomic mass is 16.5. The van der Waals surface area contributed by atoms with Gasteiger partial charge in [-0.15, -0.1) is 0 Å². The lowest BCUT2D eigenvalue weighted by molar-refractivity contribution is 0.0134. The van der Waals surface area contributed by atoms with Gasteiger partial charge in [-0.05, 0) is 12.8 Å². The molecule has 0 aromatic rings. The van der Waals surface area contributed by atoms with Crippen molar-refractivity contribution in [3.05, 3.63) is 0 Å². The Morgan fingerprint density at radius 3 is 1.44 bits per heavy atom. The number of unbranched alkanes of at least 4 members (excludes halogenated alkanes) is 5. The van der Waals surface area contributed by atoms with Gasteiger partial charge in [-0.1, -0.05) is 46.0 Å². The number of rotatable bonds is 15. The van der Waals surface area contributed by atoms with Crippen LogP contribution in [0.2, 0.25) is 0 Å². The molecule has 0 N–H and O–H groups in total. The highest BCUT2D eigenvalue weighted by Crippen LogP contribution is 2.02. The first-order valence-corrected chi connectivity index (χ1v) is 7.65.